The van der Waals surface area contributed by atoms with Crippen LogP contribution in [0.4, 0.5) is 19.2 Å². The van der Waals surface area contributed by atoms with Crippen LogP contribution in [0.15, 0.2) is 158 Å². The molecule has 0 atom stereocenters. The number of unbranched alkanes of at least 4 members (excludes halogenated alkanes) is 4. The van der Waals surface area contributed by atoms with Gasteiger partial charge in [0.25, 0.3) is 23.6 Å². The van der Waals surface area contributed by atoms with E-state index in [2.05, 4.69) is 42.5 Å². The van der Waals surface area contributed by atoms with Gasteiger partial charge in [-0.25, -0.2) is 28.8 Å². The van der Waals surface area contributed by atoms with Crippen LogP contribution < -0.4 is 42.5 Å². The molecule has 116 heavy (non-hydrogen) atoms. The predicted molar refractivity (Wildman–Crippen MR) is 444 cm³/mol. The third-order valence-corrected chi connectivity index (χ3v) is 18.1. The Bertz CT molecular complexity index is 4490. The average molecular weight is 1580 g/mol. The maximum Gasteiger partial charge on any atom is 0.407 e. The van der Waals surface area contributed by atoms with Gasteiger partial charge in [0.05, 0.1) is 24.3 Å². The van der Waals surface area contributed by atoms with Gasteiger partial charge in [0.1, 0.15) is 22.4 Å². The van der Waals surface area contributed by atoms with Gasteiger partial charge in [0, 0.05) is 74.6 Å². The zero-order valence-corrected chi connectivity index (χ0v) is 68.9. The van der Waals surface area contributed by atoms with E-state index < -0.39 is 82.3 Å². The Morgan fingerprint density at radius 1 is 0.293 bits per heavy atom. The van der Waals surface area contributed by atoms with Crippen molar-refractivity contribution in [2.45, 2.75) is 210 Å². The lowest BCUT2D eigenvalue weighted by molar-refractivity contribution is 0.0488. The van der Waals surface area contributed by atoms with Crippen molar-refractivity contribution in [1.82, 2.24) is 42.5 Å². The van der Waals surface area contributed by atoms with E-state index in [0.29, 0.717) is 57.3 Å². The number of amides is 8. The number of carbonyl (C=O) groups excluding carboxylic acids is 10. The number of hydrogen-bond donors (Lipinski definition) is 8. The normalized spacial score (nSPS) is 12.9. The molecule has 1 heterocycles. The Morgan fingerprint density at radius 2 is 0.543 bits per heavy atom. The number of carbonyl (C=O) groups is 10. The molecule has 0 unspecified atom stereocenters. The van der Waals surface area contributed by atoms with Crippen LogP contribution in [0.3, 0.4) is 0 Å². The number of hydrogen-bond acceptors (Lipinski definition) is 16. The SMILES string of the molecule is CCCCCOC(=O)c1cc2cc(c1)C(=O)NCc1cc(cc(-c3ccc(-c4ccc(CNC(=O)OC(C)(C)C)c(CNC(=O)OC(C)(C)C)c4)cc3)c1)CNC(=O)c1cc(cc(C(=O)OCCCCC)c1)C(=O)NCc1cc(cc(-c3ccc(-c4ccc(CNC(=O)OC(C)(C)C)c(CNC(=O)OC(C)(C)C)c4)cc3)c1)CNC2=O. The molecule has 8 amide bonds. The molecule has 9 rings (SSSR count). The molecule has 0 aromatic heterocycles. The summed E-state index contributed by atoms with van der Waals surface area (Å²) in [6, 6.07) is 46.4. The smallest absolute Gasteiger partial charge is 0.407 e. The summed E-state index contributed by atoms with van der Waals surface area (Å²) in [5.74, 6) is -3.90. The highest BCUT2D eigenvalue weighted by atomic mass is 16.6. The van der Waals surface area contributed by atoms with E-state index in [0.717, 1.165) is 70.2 Å². The van der Waals surface area contributed by atoms with E-state index in [1.165, 1.54) is 36.4 Å². The number of ether oxygens (including phenoxy) is 6. The zero-order chi connectivity index (χ0) is 84.1. The minimum atomic E-state index is -0.744. The van der Waals surface area contributed by atoms with Crippen molar-refractivity contribution in [1.29, 1.82) is 0 Å². The second-order valence-corrected chi connectivity index (χ2v) is 32.6. The van der Waals surface area contributed by atoms with E-state index in [9.17, 15) is 47.9 Å². The van der Waals surface area contributed by atoms with Crippen LogP contribution in [0.25, 0.3) is 44.5 Å². The van der Waals surface area contributed by atoms with Crippen LogP contribution >= 0.6 is 0 Å². The maximum atomic E-state index is 14.7. The summed E-state index contributed by atoms with van der Waals surface area (Å²) in [4.78, 5) is 138. The molecule has 0 spiro atoms. The summed E-state index contributed by atoms with van der Waals surface area (Å²) >= 11 is 0. The molecule has 24 heteroatoms. The van der Waals surface area contributed by atoms with Gasteiger partial charge in [-0.1, -0.05) is 124 Å². The standard InChI is InChI=1S/C92H108N8O16/c1-15-17-19-33-111-83(105)75-45-71-43-72(46-75)80(102)94-50-58-36-60(40-70(38-58)64-27-23-62(24-28-64)66-30-32-68(54-98-86(108)114-90(6,7)8)78(42-66)56-100-88(110)116-92(12,13)14)52-96-82(104)74-44-73(47-76(48-74)84(106)112-34-20-18-16-2)81(103)95-51-59-35-57(49-93-79(71)101)37-69(39-59)63-25-21-61(22-26-63)65-29-31-67(53-97-85(107)113-89(3,4)5)77(41-65)55-99-87(109)115-91(9,10)11/h21-32,35-48H,15-20,33-34,49-56H2,1-14H3,(H,93,101)(H,94,102)(H,95,103)(H,96,104)(H,97,107)(H,98,108)(H,99,109)(H,100,110). The largest absolute Gasteiger partial charge is 0.462 e. The van der Waals surface area contributed by atoms with Crippen molar-refractivity contribution in [2.75, 3.05) is 13.2 Å². The van der Waals surface area contributed by atoms with E-state index in [1.54, 1.807) is 83.1 Å². The molecular formula is C92H108N8O16. The van der Waals surface area contributed by atoms with E-state index in [1.807, 2.05) is 135 Å². The third-order valence-electron chi connectivity index (χ3n) is 18.1. The first-order valence-electron chi connectivity index (χ1n) is 39.3. The maximum absolute atomic E-state index is 14.7. The zero-order valence-electron chi connectivity index (χ0n) is 68.9. The van der Waals surface area contributed by atoms with Crippen molar-refractivity contribution in [2.24, 2.45) is 0 Å². The van der Waals surface area contributed by atoms with Gasteiger partial charge >= 0.3 is 36.3 Å². The van der Waals surface area contributed by atoms with Gasteiger partial charge in [-0.3, -0.25) is 19.2 Å². The van der Waals surface area contributed by atoms with Crippen LogP contribution in [-0.2, 0) is 80.8 Å². The second kappa shape index (κ2) is 39.6. The summed E-state index contributed by atoms with van der Waals surface area (Å²) in [6.07, 6.45) is 2.17. The Labute approximate surface area is 679 Å². The molecule has 8 N–H and O–H groups in total. The molecule has 0 radical (unpaired) electrons. The number of fused-ring (bicyclic) bond motifs is 8. The summed E-state index contributed by atoms with van der Waals surface area (Å²) in [6.45, 7) is 25.6. The van der Waals surface area contributed by atoms with Gasteiger partial charge in [0.15, 0.2) is 0 Å². The van der Waals surface area contributed by atoms with Gasteiger partial charge in [-0.15, -0.1) is 0 Å². The fourth-order valence-electron chi connectivity index (χ4n) is 12.5. The molecule has 8 bridgehead atoms. The van der Waals surface area contributed by atoms with Crippen LogP contribution in [0, 0.1) is 0 Å². The van der Waals surface area contributed by atoms with Crippen molar-refractivity contribution >= 4 is 59.9 Å². The molecule has 8 aromatic rings. The summed E-state index contributed by atoms with van der Waals surface area (Å²) in [7, 11) is 0. The topological polar surface area (TPSA) is 322 Å². The molecule has 8 aromatic carbocycles. The monoisotopic (exact) mass is 1580 g/mol. The minimum absolute atomic E-state index is 0.00212. The number of benzene rings is 8. The molecule has 1 aliphatic heterocycles. The average Bonchev–Trinajstić information content (AvgIpc) is 0.820. The molecule has 0 saturated carbocycles. The fraction of sp³-hybridized carbons (Fsp3) is 0.370. The first-order valence-corrected chi connectivity index (χ1v) is 39.3. The summed E-state index contributed by atoms with van der Waals surface area (Å²) in [5, 5.41) is 23.3. The second-order valence-electron chi connectivity index (χ2n) is 32.6. The molecule has 0 aliphatic carbocycles. The minimum Gasteiger partial charge on any atom is -0.462 e. The highest BCUT2D eigenvalue weighted by Crippen LogP contribution is 2.32. The third kappa shape index (κ3) is 27.5. The van der Waals surface area contributed by atoms with Crippen molar-refractivity contribution < 1.29 is 76.4 Å². The predicted octanol–water partition coefficient (Wildman–Crippen LogP) is 17.2. The van der Waals surface area contributed by atoms with Crippen molar-refractivity contribution in [3.63, 3.8) is 0 Å². The molecule has 0 saturated heterocycles. The Kier molecular flexibility index (Phi) is 29.9. The fourth-order valence-corrected chi connectivity index (χ4v) is 12.5. The Morgan fingerprint density at radius 3 is 0.802 bits per heavy atom. The lowest BCUT2D eigenvalue weighted by Crippen LogP contribution is -2.33. The molecule has 0 fully saturated rings. The molecule has 1 aliphatic rings. The van der Waals surface area contributed by atoms with Gasteiger partial charge in [-0.2, -0.15) is 0 Å². The van der Waals surface area contributed by atoms with Gasteiger partial charge < -0.3 is 71.0 Å². The Balaban J connectivity index is 1.06. The van der Waals surface area contributed by atoms with E-state index in [-0.39, 0.29) is 99.0 Å². The quantitative estimate of drug-likeness (QED) is 0.0178. The number of rotatable bonds is 22. The summed E-state index contributed by atoms with van der Waals surface area (Å²) in [5.41, 5.74) is 8.42. The number of esters is 2. The molecule has 24 nitrogen and oxygen atoms in total. The number of alkyl carbamates (subject to hydrolysis) is 4. The number of nitrogens with one attached hydrogen (secondary N) is 8. The van der Waals surface area contributed by atoms with E-state index >= 15 is 0 Å². The first kappa shape index (κ1) is 87.6. The van der Waals surface area contributed by atoms with Gasteiger partial charge in [-0.05, 0) is 258 Å². The first-order chi connectivity index (χ1) is 54.9. The van der Waals surface area contributed by atoms with Crippen molar-refractivity contribution in [3.8, 4) is 44.5 Å². The highest BCUT2D eigenvalue weighted by Gasteiger charge is 2.25. The molecular weight excluding hydrogens is 1470 g/mol. The summed E-state index contributed by atoms with van der Waals surface area (Å²) < 4.78 is 33.4. The lowest BCUT2D eigenvalue weighted by atomic mass is 9.95. The van der Waals surface area contributed by atoms with Crippen LogP contribution in [-0.4, -0.2) is 95.6 Å². The van der Waals surface area contributed by atoms with Crippen molar-refractivity contribution in [3.05, 3.63) is 236 Å². The Hall–Kier alpha value is -12.3. The van der Waals surface area contributed by atoms with Crippen LogP contribution in [0.5, 0.6) is 0 Å². The lowest BCUT2D eigenvalue weighted by Gasteiger charge is -2.21. The van der Waals surface area contributed by atoms with Crippen LogP contribution in [0.2, 0.25) is 0 Å². The van der Waals surface area contributed by atoms with Crippen LogP contribution in [0.1, 0.15) is 242 Å². The molecule has 612 valence electrons. The highest BCUT2D eigenvalue weighted by molar-refractivity contribution is 6.05. The van der Waals surface area contributed by atoms with E-state index in [4.69, 9.17) is 28.4 Å². The van der Waals surface area contributed by atoms with Gasteiger partial charge in [0.2, 0.25) is 0 Å².